The molecule has 2 aromatic rings. The Labute approximate surface area is 162 Å². The van der Waals surface area contributed by atoms with Crippen LogP contribution in [0.2, 0.25) is 0 Å². The smallest absolute Gasteiger partial charge is 0.137 e. The minimum Gasteiger partial charge on any atom is -0.396 e. The van der Waals surface area contributed by atoms with Crippen molar-refractivity contribution in [3.8, 4) is 0 Å². The first kappa shape index (κ1) is 18.7. The number of Topliss-reactive ketones (excluding diaryl/α,β-unsaturated/α-hetero) is 1. The number of likely N-dealkylation sites (N-methyl/N-ethyl adjacent to an activating group) is 1. The highest BCUT2D eigenvalue weighted by Crippen LogP contribution is 2.49. The van der Waals surface area contributed by atoms with Crippen LogP contribution in [0.3, 0.4) is 0 Å². The van der Waals surface area contributed by atoms with Crippen LogP contribution in [0.5, 0.6) is 0 Å². The largest absolute Gasteiger partial charge is 0.396 e. The SMILES string of the molecule is CCC(CO)CC(=O)C1CN(C)[C@@H]2Cc3cn(C)c4cccc(c34)[C@@]2(C)C1. The topological polar surface area (TPSA) is 45.5 Å². The first-order chi connectivity index (χ1) is 12.9. The van der Waals surface area contributed by atoms with Crippen molar-refractivity contribution >= 4 is 16.7 Å². The van der Waals surface area contributed by atoms with Gasteiger partial charge in [0.1, 0.15) is 5.78 Å². The summed E-state index contributed by atoms with van der Waals surface area (Å²) in [6, 6.07) is 7.08. The molecule has 1 aromatic heterocycles. The maximum absolute atomic E-state index is 13.0. The van der Waals surface area contributed by atoms with Crippen LogP contribution < -0.4 is 0 Å². The average Bonchev–Trinajstić information content (AvgIpc) is 2.98. The van der Waals surface area contributed by atoms with Crippen molar-refractivity contribution in [1.82, 2.24) is 9.47 Å². The third-order valence-electron chi connectivity index (χ3n) is 7.35. The second kappa shape index (κ2) is 6.75. The molecule has 1 aliphatic carbocycles. The van der Waals surface area contributed by atoms with Gasteiger partial charge in [-0.3, -0.25) is 4.79 Å². The standard InChI is InChI=1S/C23H32N2O2/c1-5-15(14-26)9-20(27)17-11-23(2)18-7-6-8-19-22(18)16(12-24(19)3)10-21(23)25(4)13-17/h6-8,12,15,17,21,26H,5,9-11,13-14H2,1-4H3/t15?,17?,21-,23-/m1/s1. The Morgan fingerprint density at radius 1 is 1.37 bits per heavy atom. The van der Waals surface area contributed by atoms with Crippen LogP contribution >= 0.6 is 0 Å². The Kier molecular flexibility index (Phi) is 4.68. The van der Waals surface area contributed by atoms with Crippen LogP contribution in [0.1, 0.15) is 44.2 Å². The number of ketones is 1. The lowest BCUT2D eigenvalue weighted by Gasteiger charge is -2.52. The molecule has 1 fully saturated rings. The number of benzene rings is 1. The average molecular weight is 369 g/mol. The van der Waals surface area contributed by atoms with Gasteiger partial charge in [0.05, 0.1) is 0 Å². The van der Waals surface area contributed by atoms with Gasteiger partial charge in [0, 0.05) is 61.1 Å². The quantitative estimate of drug-likeness (QED) is 0.881. The zero-order valence-electron chi connectivity index (χ0n) is 17.0. The van der Waals surface area contributed by atoms with Gasteiger partial charge in [0.15, 0.2) is 0 Å². The van der Waals surface area contributed by atoms with Crippen molar-refractivity contribution in [2.75, 3.05) is 20.2 Å². The Hall–Kier alpha value is -1.65. The summed E-state index contributed by atoms with van der Waals surface area (Å²) < 4.78 is 2.24. The number of nitrogens with zero attached hydrogens (tertiary/aromatic N) is 2. The highest BCUT2D eigenvalue weighted by molar-refractivity contribution is 5.90. The fourth-order valence-corrected chi connectivity index (χ4v) is 5.73. The molecule has 1 aliphatic heterocycles. The molecule has 2 aliphatic rings. The summed E-state index contributed by atoms with van der Waals surface area (Å²) in [5, 5.41) is 10.9. The Morgan fingerprint density at radius 2 is 2.15 bits per heavy atom. The van der Waals surface area contributed by atoms with Crippen molar-refractivity contribution in [2.24, 2.45) is 18.9 Å². The maximum atomic E-state index is 13.0. The number of aliphatic hydroxyl groups is 1. The molecule has 1 aromatic carbocycles. The molecule has 0 saturated carbocycles. The summed E-state index contributed by atoms with van der Waals surface area (Å²) in [4.78, 5) is 15.5. The van der Waals surface area contributed by atoms with E-state index in [1.807, 2.05) is 0 Å². The number of piperidine rings is 1. The van der Waals surface area contributed by atoms with E-state index in [1.165, 1.54) is 22.0 Å². The highest BCUT2D eigenvalue weighted by Gasteiger charge is 2.49. The molecule has 27 heavy (non-hydrogen) atoms. The Bertz CT molecular complexity index is 867. The first-order valence-electron chi connectivity index (χ1n) is 10.3. The van der Waals surface area contributed by atoms with Gasteiger partial charge in [0.25, 0.3) is 0 Å². The van der Waals surface area contributed by atoms with Gasteiger partial charge in [-0.1, -0.05) is 32.4 Å². The molecule has 2 unspecified atom stereocenters. The molecule has 2 heterocycles. The van der Waals surface area contributed by atoms with Gasteiger partial charge >= 0.3 is 0 Å². The molecule has 4 rings (SSSR count). The predicted molar refractivity (Wildman–Crippen MR) is 109 cm³/mol. The molecule has 4 nitrogen and oxygen atoms in total. The van der Waals surface area contributed by atoms with Crippen molar-refractivity contribution in [3.05, 3.63) is 35.5 Å². The summed E-state index contributed by atoms with van der Waals surface area (Å²) in [5.41, 5.74) is 4.13. The minimum absolute atomic E-state index is 0.0118. The number of aryl methyl sites for hydroxylation is 1. The van der Waals surface area contributed by atoms with Crippen molar-refractivity contribution in [2.45, 2.75) is 51.0 Å². The Morgan fingerprint density at radius 3 is 2.85 bits per heavy atom. The number of carbonyl (C=O) groups excluding carboxylic acids is 1. The van der Waals surface area contributed by atoms with Crippen LogP contribution in [0.4, 0.5) is 0 Å². The summed E-state index contributed by atoms with van der Waals surface area (Å²) in [7, 11) is 4.31. The molecule has 1 saturated heterocycles. The molecule has 0 amide bonds. The summed E-state index contributed by atoms with van der Waals surface area (Å²) >= 11 is 0. The van der Waals surface area contributed by atoms with E-state index < -0.39 is 0 Å². The molecule has 0 spiro atoms. The molecule has 146 valence electrons. The summed E-state index contributed by atoms with van der Waals surface area (Å²) in [6.45, 7) is 5.36. The van der Waals surface area contributed by atoms with E-state index in [0.717, 1.165) is 25.8 Å². The fourth-order valence-electron chi connectivity index (χ4n) is 5.73. The van der Waals surface area contributed by atoms with Crippen molar-refractivity contribution < 1.29 is 9.90 Å². The van der Waals surface area contributed by atoms with E-state index in [9.17, 15) is 9.90 Å². The van der Waals surface area contributed by atoms with Crippen LogP contribution in [-0.4, -0.2) is 46.6 Å². The first-order valence-corrected chi connectivity index (χ1v) is 10.3. The summed E-state index contributed by atoms with van der Waals surface area (Å²) in [5.74, 6) is 0.481. The monoisotopic (exact) mass is 368 g/mol. The van der Waals surface area contributed by atoms with Gasteiger partial charge < -0.3 is 14.6 Å². The number of aromatic nitrogens is 1. The van der Waals surface area contributed by atoms with Gasteiger partial charge in [-0.05, 0) is 43.0 Å². The van der Waals surface area contributed by atoms with Gasteiger partial charge in [-0.15, -0.1) is 0 Å². The van der Waals surface area contributed by atoms with Gasteiger partial charge in [-0.25, -0.2) is 0 Å². The number of carbonyl (C=O) groups is 1. The molecular weight excluding hydrogens is 336 g/mol. The minimum atomic E-state index is -0.0118. The van der Waals surface area contributed by atoms with Crippen LogP contribution in [-0.2, 0) is 23.7 Å². The van der Waals surface area contributed by atoms with E-state index in [1.54, 1.807) is 0 Å². The molecule has 0 radical (unpaired) electrons. The lowest BCUT2D eigenvalue weighted by atomic mass is 9.61. The molecule has 4 heteroatoms. The van der Waals surface area contributed by atoms with E-state index in [2.05, 4.69) is 61.8 Å². The third kappa shape index (κ3) is 2.85. The van der Waals surface area contributed by atoms with E-state index in [-0.39, 0.29) is 23.9 Å². The lowest BCUT2D eigenvalue weighted by molar-refractivity contribution is -0.127. The number of hydrogen-bond donors (Lipinski definition) is 1. The van der Waals surface area contributed by atoms with Crippen molar-refractivity contribution in [3.63, 3.8) is 0 Å². The zero-order chi connectivity index (χ0) is 19.3. The van der Waals surface area contributed by atoms with E-state index in [4.69, 9.17) is 0 Å². The number of hydrogen-bond acceptors (Lipinski definition) is 3. The molecule has 4 atom stereocenters. The predicted octanol–water partition coefficient (Wildman–Crippen LogP) is 3.29. The zero-order valence-corrected chi connectivity index (χ0v) is 17.0. The van der Waals surface area contributed by atoms with Crippen LogP contribution in [0.25, 0.3) is 10.9 Å². The second-order valence-corrected chi connectivity index (χ2v) is 9.07. The van der Waals surface area contributed by atoms with Crippen LogP contribution in [0.15, 0.2) is 24.4 Å². The third-order valence-corrected chi connectivity index (χ3v) is 7.35. The highest BCUT2D eigenvalue weighted by atomic mass is 16.3. The number of likely N-dealkylation sites (tertiary alicyclic amines) is 1. The fraction of sp³-hybridized carbons (Fsp3) is 0.609. The molecule has 1 N–H and O–H groups in total. The molecule has 0 bridgehead atoms. The second-order valence-electron chi connectivity index (χ2n) is 9.07. The van der Waals surface area contributed by atoms with Gasteiger partial charge in [0.2, 0.25) is 0 Å². The number of aliphatic hydroxyl groups excluding tert-OH is 1. The van der Waals surface area contributed by atoms with E-state index in [0.29, 0.717) is 18.2 Å². The van der Waals surface area contributed by atoms with E-state index >= 15 is 0 Å². The van der Waals surface area contributed by atoms with Crippen LogP contribution in [0, 0.1) is 11.8 Å². The normalized spacial score (nSPS) is 28.9. The number of rotatable bonds is 5. The number of fused-ring (bicyclic) bond motifs is 2. The van der Waals surface area contributed by atoms with Gasteiger partial charge in [-0.2, -0.15) is 0 Å². The van der Waals surface area contributed by atoms with Crippen molar-refractivity contribution in [1.29, 1.82) is 0 Å². The Balaban J connectivity index is 1.71. The lowest BCUT2D eigenvalue weighted by Crippen LogP contribution is -2.58. The summed E-state index contributed by atoms with van der Waals surface area (Å²) in [6.07, 6.45) is 5.61. The molecular formula is C23H32N2O2. The maximum Gasteiger partial charge on any atom is 0.137 e.